The number of aromatic nitrogens is 1. The Morgan fingerprint density at radius 1 is 1.18 bits per heavy atom. The van der Waals surface area contributed by atoms with E-state index in [-0.39, 0.29) is 42.4 Å². The summed E-state index contributed by atoms with van der Waals surface area (Å²) in [7, 11) is -3.62. The molecule has 1 atom stereocenters. The van der Waals surface area contributed by atoms with Crippen molar-refractivity contribution in [3.8, 4) is 0 Å². The van der Waals surface area contributed by atoms with Gasteiger partial charge in [-0.05, 0) is 31.4 Å². The zero-order valence-corrected chi connectivity index (χ0v) is 15.5. The first-order valence-corrected chi connectivity index (χ1v) is 10.5. The first-order chi connectivity index (χ1) is 12.9. The van der Waals surface area contributed by atoms with Crippen LogP contribution in [0.2, 0.25) is 0 Å². The third-order valence-corrected chi connectivity index (χ3v) is 8.41. The maximum absolute atomic E-state index is 13.2. The number of primary amides is 1. The normalized spacial score (nSPS) is 25.5. The number of sulfone groups is 1. The standard InChI is InChI=1S/C17H18F3N3O4S/c18-17(19,20)13-6-10(5-12(22-13)9-1-2-9)15(25)23-7-16(8-23)11(14(21)24)3-4-28(16,26)27/h5-6,9,11H,1-4,7-8H2,(H2,21,24). The Kier molecular flexibility index (Phi) is 4.05. The molecule has 2 N–H and O–H groups in total. The lowest BCUT2D eigenvalue weighted by Crippen LogP contribution is -2.69. The molecule has 0 aromatic carbocycles. The van der Waals surface area contributed by atoms with Crippen LogP contribution in [0, 0.1) is 5.92 Å². The minimum Gasteiger partial charge on any atom is -0.369 e. The zero-order chi connectivity index (χ0) is 20.5. The molecule has 1 aromatic rings. The molecule has 1 spiro atoms. The summed E-state index contributed by atoms with van der Waals surface area (Å²) in [6.07, 6.45) is -3.17. The largest absolute Gasteiger partial charge is 0.433 e. The van der Waals surface area contributed by atoms with E-state index in [1.54, 1.807) is 0 Å². The molecule has 11 heteroatoms. The molecule has 2 saturated heterocycles. The van der Waals surface area contributed by atoms with E-state index < -0.39 is 44.2 Å². The lowest BCUT2D eigenvalue weighted by molar-refractivity contribution is -0.141. The molecule has 3 fully saturated rings. The Labute approximate surface area is 159 Å². The van der Waals surface area contributed by atoms with Crippen LogP contribution in [-0.4, -0.2) is 53.7 Å². The number of nitrogens with zero attached hydrogens (tertiary/aromatic N) is 2. The highest BCUT2D eigenvalue weighted by Crippen LogP contribution is 2.45. The molecular weight excluding hydrogens is 399 g/mol. The summed E-state index contributed by atoms with van der Waals surface area (Å²) in [5, 5.41) is 0. The fourth-order valence-electron chi connectivity index (χ4n) is 4.11. The zero-order valence-electron chi connectivity index (χ0n) is 14.7. The van der Waals surface area contributed by atoms with Crippen molar-refractivity contribution in [1.82, 2.24) is 9.88 Å². The monoisotopic (exact) mass is 417 g/mol. The Bertz CT molecular complexity index is 966. The second kappa shape index (κ2) is 5.91. The lowest BCUT2D eigenvalue weighted by atomic mass is 9.82. The van der Waals surface area contributed by atoms with Crippen LogP contribution in [0.15, 0.2) is 12.1 Å². The highest BCUT2D eigenvalue weighted by atomic mass is 32.2. The van der Waals surface area contributed by atoms with E-state index in [2.05, 4.69) is 4.98 Å². The van der Waals surface area contributed by atoms with Crippen LogP contribution in [0.25, 0.3) is 0 Å². The highest BCUT2D eigenvalue weighted by molar-refractivity contribution is 7.93. The molecule has 1 aromatic heterocycles. The molecule has 0 bridgehead atoms. The highest BCUT2D eigenvalue weighted by Gasteiger charge is 2.64. The third-order valence-electron chi connectivity index (χ3n) is 5.86. The van der Waals surface area contributed by atoms with Crippen molar-refractivity contribution in [2.45, 2.75) is 36.1 Å². The number of rotatable bonds is 3. The van der Waals surface area contributed by atoms with Crippen LogP contribution in [0.5, 0.6) is 0 Å². The molecule has 0 radical (unpaired) electrons. The van der Waals surface area contributed by atoms with Gasteiger partial charge in [0, 0.05) is 30.3 Å². The van der Waals surface area contributed by atoms with Crippen LogP contribution < -0.4 is 5.73 Å². The maximum atomic E-state index is 13.2. The second-order valence-electron chi connectivity index (χ2n) is 7.73. The Morgan fingerprint density at radius 2 is 1.82 bits per heavy atom. The number of hydrogen-bond acceptors (Lipinski definition) is 5. The number of amides is 2. The average Bonchev–Trinajstić information content (AvgIpc) is 3.35. The number of likely N-dealkylation sites (tertiary alicyclic amines) is 1. The number of carbonyl (C=O) groups excluding carboxylic acids is 2. The van der Waals surface area contributed by atoms with Crippen molar-refractivity contribution >= 4 is 21.7 Å². The summed E-state index contributed by atoms with van der Waals surface area (Å²) in [6.45, 7) is -0.492. The first-order valence-electron chi connectivity index (χ1n) is 8.85. The van der Waals surface area contributed by atoms with Crippen LogP contribution in [0.3, 0.4) is 0 Å². The number of nitrogens with two attached hydrogens (primary N) is 1. The fraction of sp³-hybridized carbons (Fsp3) is 0.588. The molecule has 1 unspecified atom stereocenters. The van der Waals surface area contributed by atoms with Crippen LogP contribution in [0.1, 0.15) is 46.9 Å². The van der Waals surface area contributed by atoms with Gasteiger partial charge in [-0.15, -0.1) is 0 Å². The molecule has 1 aliphatic carbocycles. The maximum Gasteiger partial charge on any atom is 0.433 e. The van der Waals surface area contributed by atoms with E-state index in [4.69, 9.17) is 5.73 Å². The van der Waals surface area contributed by atoms with E-state index in [1.165, 1.54) is 6.07 Å². The Morgan fingerprint density at radius 3 is 2.36 bits per heavy atom. The number of pyridine rings is 1. The van der Waals surface area contributed by atoms with Gasteiger partial charge in [-0.3, -0.25) is 9.59 Å². The van der Waals surface area contributed by atoms with Gasteiger partial charge in [0.15, 0.2) is 9.84 Å². The van der Waals surface area contributed by atoms with E-state index in [0.717, 1.165) is 4.90 Å². The quantitative estimate of drug-likeness (QED) is 0.792. The van der Waals surface area contributed by atoms with Crippen molar-refractivity contribution in [2.75, 3.05) is 18.8 Å². The summed E-state index contributed by atoms with van der Waals surface area (Å²) in [5.74, 6) is -2.63. The molecule has 1 saturated carbocycles. The van der Waals surface area contributed by atoms with E-state index >= 15 is 0 Å². The smallest absolute Gasteiger partial charge is 0.369 e. The molecule has 152 valence electrons. The number of alkyl halides is 3. The Hall–Kier alpha value is -2.17. The van der Waals surface area contributed by atoms with Crippen molar-refractivity contribution in [3.63, 3.8) is 0 Å². The molecule has 28 heavy (non-hydrogen) atoms. The van der Waals surface area contributed by atoms with Crippen molar-refractivity contribution < 1.29 is 31.2 Å². The molecule has 3 aliphatic rings. The predicted molar refractivity (Wildman–Crippen MR) is 90.9 cm³/mol. The summed E-state index contributed by atoms with van der Waals surface area (Å²) >= 11 is 0. The third kappa shape index (κ3) is 2.87. The second-order valence-corrected chi connectivity index (χ2v) is 10.2. The molecule has 4 rings (SSSR count). The minimum absolute atomic E-state index is 0.0916. The lowest BCUT2D eigenvalue weighted by Gasteiger charge is -2.49. The van der Waals surface area contributed by atoms with E-state index in [0.29, 0.717) is 18.9 Å². The predicted octanol–water partition coefficient (Wildman–Crippen LogP) is 1.09. The van der Waals surface area contributed by atoms with Gasteiger partial charge in [0.2, 0.25) is 5.91 Å². The van der Waals surface area contributed by atoms with E-state index in [9.17, 15) is 31.2 Å². The number of halogens is 3. The number of hydrogen-bond donors (Lipinski definition) is 1. The average molecular weight is 417 g/mol. The van der Waals surface area contributed by atoms with Crippen LogP contribution >= 0.6 is 0 Å². The summed E-state index contributed by atoms with van der Waals surface area (Å²) in [5.41, 5.74) is 4.23. The number of carbonyl (C=O) groups is 2. The van der Waals surface area contributed by atoms with Gasteiger partial charge < -0.3 is 10.6 Å². The van der Waals surface area contributed by atoms with Gasteiger partial charge in [0.25, 0.3) is 5.91 Å². The van der Waals surface area contributed by atoms with Gasteiger partial charge in [0.05, 0.1) is 11.7 Å². The summed E-state index contributed by atoms with van der Waals surface area (Å²) in [6, 6.07) is 2.03. The van der Waals surface area contributed by atoms with Gasteiger partial charge in [0.1, 0.15) is 10.4 Å². The summed E-state index contributed by atoms with van der Waals surface area (Å²) in [4.78, 5) is 29.2. The van der Waals surface area contributed by atoms with Gasteiger partial charge in [-0.1, -0.05) is 0 Å². The van der Waals surface area contributed by atoms with Crippen molar-refractivity contribution in [1.29, 1.82) is 0 Å². The molecule has 3 heterocycles. The topological polar surface area (TPSA) is 110 Å². The van der Waals surface area contributed by atoms with Gasteiger partial charge >= 0.3 is 6.18 Å². The molecular formula is C17H18F3N3O4S. The fourth-order valence-corrected chi connectivity index (χ4v) is 6.43. The van der Waals surface area contributed by atoms with Gasteiger partial charge in [-0.25, -0.2) is 13.4 Å². The summed E-state index contributed by atoms with van der Waals surface area (Å²) < 4.78 is 62.9. The molecule has 2 amide bonds. The molecule has 2 aliphatic heterocycles. The minimum atomic E-state index is -4.69. The van der Waals surface area contributed by atoms with Crippen LogP contribution in [0.4, 0.5) is 13.2 Å². The van der Waals surface area contributed by atoms with Gasteiger partial charge in [-0.2, -0.15) is 13.2 Å². The van der Waals surface area contributed by atoms with Crippen molar-refractivity contribution in [3.05, 3.63) is 29.1 Å². The SMILES string of the molecule is NC(=O)C1CCS(=O)(=O)C12CN(C(=O)c1cc(C3CC3)nc(C(F)(F)F)c1)C2. The van der Waals surface area contributed by atoms with Crippen molar-refractivity contribution in [2.24, 2.45) is 11.7 Å². The first kappa shape index (κ1) is 19.2. The Balaban J connectivity index is 1.62. The van der Waals surface area contributed by atoms with E-state index in [1.807, 2.05) is 0 Å². The molecule has 7 nitrogen and oxygen atoms in total. The van der Waals surface area contributed by atoms with Crippen LogP contribution in [-0.2, 0) is 20.8 Å².